The number of hydrogen-bond donors (Lipinski definition) is 2. The average Bonchev–Trinajstić information content (AvgIpc) is 3.33. The molecule has 0 unspecified atom stereocenters. The summed E-state index contributed by atoms with van der Waals surface area (Å²) in [5.74, 6) is -0.274. The van der Waals surface area contributed by atoms with Crippen LogP contribution >= 0.6 is 0 Å². The Bertz CT molecular complexity index is 1410. The van der Waals surface area contributed by atoms with Crippen molar-refractivity contribution in [1.29, 1.82) is 5.26 Å². The first kappa shape index (κ1) is 25.6. The van der Waals surface area contributed by atoms with Crippen LogP contribution in [-0.2, 0) is 24.4 Å². The molecule has 37 heavy (non-hydrogen) atoms. The fourth-order valence-electron chi connectivity index (χ4n) is 3.77. The predicted molar refractivity (Wildman–Crippen MR) is 132 cm³/mol. The number of carbonyl (C=O) groups excluding carboxylic acids is 1. The third kappa shape index (κ3) is 6.59. The van der Waals surface area contributed by atoms with Gasteiger partial charge in [0, 0.05) is 37.1 Å². The number of anilines is 1. The Balaban J connectivity index is 1.51. The number of benzene rings is 2. The van der Waals surface area contributed by atoms with E-state index in [9.17, 15) is 18.0 Å². The summed E-state index contributed by atoms with van der Waals surface area (Å²) in [6.45, 7) is 0.313. The second-order valence-electron chi connectivity index (χ2n) is 8.39. The minimum absolute atomic E-state index is 0.180. The molecule has 2 heterocycles. The number of rotatable bonds is 8. The zero-order valence-electron chi connectivity index (χ0n) is 19.8. The number of alkyl halides is 3. The van der Waals surface area contributed by atoms with Crippen LogP contribution in [-0.4, -0.2) is 27.2 Å². The van der Waals surface area contributed by atoms with E-state index in [1.54, 1.807) is 60.5 Å². The van der Waals surface area contributed by atoms with Gasteiger partial charge in [0.1, 0.15) is 11.9 Å². The molecule has 0 bridgehead atoms. The van der Waals surface area contributed by atoms with Gasteiger partial charge in [-0.15, -0.1) is 0 Å². The molecule has 2 aromatic carbocycles. The molecule has 2 N–H and O–H groups in total. The van der Waals surface area contributed by atoms with E-state index in [2.05, 4.69) is 20.7 Å². The fraction of sp³-hybridized carbons (Fsp3) is 0.185. The highest BCUT2D eigenvalue weighted by atomic mass is 19.4. The van der Waals surface area contributed by atoms with E-state index < -0.39 is 23.7 Å². The van der Waals surface area contributed by atoms with Crippen molar-refractivity contribution in [2.24, 2.45) is 7.05 Å². The summed E-state index contributed by atoms with van der Waals surface area (Å²) >= 11 is 0. The fourth-order valence-corrected chi connectivity index (χ4v) is 3.77. The van der Waals surface area contributed by atoms with Gasteiger partial charge in [-0.05, 0) is 53.9 Å². The number of halogens is 3. The normalized spacial score (nSPS) is 12.1. The van der Waals surface area contributed by atoms with Crippen molar-refractivity contribution in [2.75, 3.05) is 11.9 Å². The van der Waals surface area contributed by atoms with Gasteiger partial charge in [-0.25, -0.2) is 4.98 Å². The molecule has 4 rings (SSSR count). The van der Waals surface area contributed by atoms with E-state index in [0.717, 1.165) is 28.8 Å². The predicted octanol–water partition coefficient (Wildman–Crippen LogP) is 4.88. The van der Waals surface area contributed by atoms with Crippen molar-refractivity contribution in [3.8, 4) is 17.2 Å². The molecule has 0 aliphatic heterocycles. The van der Waals surface area contributed by atoms with Gasteiger partial charge in [0.25, 0.3) is 0 Å². The monoisotopic (exact) mass is 504 g/mol. The summed E-state index contributed by atoms with van der Waals surface area (Å²) in [4.78, 5) is 17.5. The van der Waals surface area contributed by atoms with E-state index >= 15 is 0 Å². The molecule has 2 aromatic heterocycles. The molecule has 0 aliphatic rings. The van der Waals surface area contributed by atoms with Gasteiger partial charge >= 0.3 is 6.18 Å². The van der Waals surface area contributed by atoms with Crippen LogP contribution in [0.25, 0.3) is 11.1 Å². The smallest absolute Gasteiger partial charge is 0.309 e. The summed E-state index contributed by atoms with van der Waals surface area (Å²) < 4.78 is 41.7. The molecule has 0 saturated carbocycles. The lowest BCUT2D eigenvalue weighted by Crippen LogP contribution is -2.34. The lowest BCUT2D eigenvalue weighted by molar-refractivity contribution is -0.137. The second-order valence-corrected chi connectivity index (χ2v) is 8.39. The molecule has 0 radical (unpaired) electrons. The minimum Gasteiger partial charge on any atom is -0.309 e. The first-order valence-electron chi connectivity index (χ1n) is 11.4. The summed E-state index contributed by atoms with van der Waals surface area (Å²) in [6, 6.07) is 16.1. The minimum atomic E-state index is -4.54. The summed E-state index contributed by atoms with van der Waals surface area (Å²) in [5, 5.41) is 18.8. The zero-order chi connectivity index (χ0) is 26.4. The maximum Gasteiger partial charge on any atom is 0.416 e. The van der Waals surface area contributed by atoms with Gasteiger partial charge in [-0.2, -0.15) is 23.5 Å². The van der Waals surface area contributed by atoms with Crippen molar-refractivity contribution in [1.82, 2.24) is 20.1 Å². The van der Waals surface area contributed by atoms with Crippen LogP contribution in [0, 0.1) is 11.3 Å². The van der Waals surface area contributed by atoms with Crippen LogP contribution in [0.4, 0.5) is 19.0 Å². The molecule has 1 atom stereocenters. The summed E-state index contributed by atoms with van der Waals surface area (Å²) in [7, 11) is 1.80. The number of nitrogens with one attached hydrogen (secondary N) is 2. The highest BCUT2D eigenvalue weighted by Crippen LogP contribution is 2.31. The van der Waals surface area contributed by atoms with E-state index in [-0.39, 0.29) is 11.4 Å². The van der Waals surface area contributed by atoms with E-state index in [4.69, 9.17) is 5.26 Å². The number of hydrogen-bond acceptors (Lipinski definition) is 5. The summed E-state index contributed by atoms with van der Waals surface area (Å²) in [6.07, 6.45) is 1.08. The molecule has 188 valence electrons. The first-order valence-corrected chi connectivity index (χ1v) is 11.4. The van der Waals surface area contributed by atoms with Crippen LogP contribution in [0.5, 0.6) is 0 Å². The second kappa shape index (κ2) is 11.1. The van der Waals surface area contributed by atoms with Crippen molar-refractivity contribution in [3.63, 3.8) is 0 Å². The quantitative estimate of drug-likeness (QED) is 0.357. The van der Waals surface area contributed by atoms with Crippen LogP contribution in [0.2, 0.25) is 0 Å². The number of carbonyl (C=O) groups is 1. The molecule has 7 nitrogen and oxygen atoms in total. The Morgan fingerprint density at radius 2 is 1.86 bits per heavy atom. The topological polar surface area (TPSA) is 95.6 Å². The third-order valence-corrected chi connectivity index (χ3v) is 5.71. The van der Waals surface area contributed by atoms with Gasteiger partial charge < -0.3 is 10.6 Å². The van der Waals surface area contributed by atoms with Gasteiger partial charge in [0.2, 0.25) is 5.91 Å². The third-order valence-electron chi connectivity index (χ3n) is 5.71. The molecule has 0 spiro atoms. The maximum atomic E-state index is 13.3. The van der Waals surface area contributed by atoms with Crippen molar-refractivity contribution in [3.05, 3.63) is 102 Å². The molecular formula is C27H23F3N6O. The average molecular weight is 505 g/mol. The SMILES string of the molecule is Cn1cc(-c2ccc(NC(=O)[C@@H](NCCc3ccc(C#N)cc3)c3cccc(C(F)(F)F)c3)nc2)cn1. The number of pyridine rings is 1. The van der Waals surface area contributed by atoms with Crippen molar-refractivity contribution < 1.29 is 18.0 Å². The molecule has 0 fully saturated rings. The maximum absolute atomic E-state index is 13.3. The van der Waals surface area contributed by atoms with Crippen LogP contribution in [0.3, 0.4) is 0 Å². The Labute approximate surface area is 211 Å². The van der Waals surface area contributed by atoms with Crippen molar-refractivity contribution >= 4 is 11.7 Å². The Hall–Kier alpha value is -4.49. The highest BCUT2D eigenvalue weighted by molar-refractivity contribution is 5.95. The Morgan fingerprint density at radius 1 is 1.08 bits per heavy atom. The highest BCUT2D eigenvalue weighted by Gasteiger charge is 2.32. The Kier molecular flexibility index (Phi) is 7.65. The molecule has 10 heteroatoms. The number of aromatic nitrogens is 3. The first-order chi connectivity index (χ1) is 17.7. The number of nitriles is 1. The van der Waals surface area contributed by atoms with Gasteiger partial charge in [-0.1, -0.05) is 24.3 Å². The molecular weight excluding hydrogens is 481 g/mol. The molecule has 0 saturated heterocycles. The van der Waals surface area contributed by atoms with Gasteiger partial charge in [0.15, 0.2) is 0 Å². The van der Waals surface area contributed by atoms with Gasteiger partial charge in [0.05, 0.1) is 23.4 Å². The molecule has 4 aromatic rings. The van der Waals surface area contributed by atoms with E-state index in [1.807, 2.05) is 12.3 Å². The van der Waals surface area contributed by atoms with Crippen LogP contribution < -0.4 is 10.6 Å². The van der Waals surface area contributed by atoms with E-state index in [1.165, 1.54) is 12.1 Å². The van der Waals surface area contributed by atoms with E-state index in [0.29, 0.717) is 18.5 Å². The van der Waals surface area contributed by atoms with Crippen LogP contribution in [0.1, 0.15) is 28.3 Å². The largest absolute Gasteiger partial charge is 0.416 e. The van der Waals surface area contributed by atoms with Gasteiger partial charge in [-0.3, -0.25) is 9.48 Å². The zero-order valence-corrected chi connectivity index (χ0v) is 19.8. The van der Waals surface area contributed by atoms with Crippen molar-refractivity contribution in [2.45, 2.75) is 18.6 Å². The summed E-state index contributed by atoms with van der Waals surface area (Å²) in [5.41, 5.74) is 2.46. The lowest BCUT2D eigenvalue weighted by atomic mass is 10.0. The number of amides is 1. The standard InChI is InChI=1S/C27H23F3N6O/c1-36-17-22(16-34-36)21-9-10-24(33-15-21)35-26(37)25(20-3-2-4-23(13-20)27(28,29)30)32-12-11-18-5-7-19(14-31)8-6-18/h2-10,13,15-17,25,32H,11-12H2,1H3,(H,33,35,37)/t25-/m0/s1. The lowest BCUT2D eigenvalue weighted by Gasteiger charge is -2.20. The molecule has 0 aliphatic carbocycles. The van der Waals surface area contributed by atoms with Crippen LogP contribution in [0.15, 0.2) is 79.3 Å². The Morgan fingerprint density at radius 3 is 2.49 bits per heavy atom. The number of aryl methyl sites for hydroxylation is 1. The molecule has 1 amide bonds. The number of nitrogens with zero attached hydrogens (tertiary/aromatic N) is 4.